The fourth-order valence-electron chi connectivity index (χ4n) is 1.28. The van der Waals surface area contributed by atoms with Gasteiger partial charge < -0.3 is 4.74 Å². The smallest absolute Gasteiger partial charge is 0.401 e. The number of ether oxygens (including phenoxy) is 1. The highest BCUT2D eigenvalue weighted by Crippen LogP contribution is 2.28. The molecule has 0 N–H and O–H groups in total. The number of para-hydroxylation sites is 1. The third-order valence-electron chi connectivity index (χ3n) is 1.96. The number of imide groups is 1. The van der Waals surface area contributed by atoms with Crippen molar-refractivity contribution < 1.29 is 14.3 Å². The quantitative estimate of drug-likeness (QED) is 0.727. The molecule has 1 saturated heterocycles. The Morgan fingerprint density at radius 2 is 1.75 bits per heavy atom. The third-order valence-corrected chi connectivity index (χ3v) is 2.30. The molecule has 16 heavy (non-hydrogen) atoms. The minimum absolute atomic E-state index is 0.350. The molecule has 0 aliphatic carbocycles. The molecule has 0 spiro atoms. The van der Waals surface area contributed by atoms with Gasteiger partial charge in [0.1, 0.15) is 0 Å². The van der Waals surface area contributed by atoms with E-state index >= 15 is 0 Å². The first kappa shape index (κ1) is 11.0. The first-order valence-corrected chi connectivity index (χ1v) is 5.03. The molecule has 0 atom stereocenters. The lowest BCUT2D eigenvalue weighted by atomic mass is 10.3. The van der Waals surface area contributed by atoms with E-state index in [4.69, 9.17) is 23.2 Å². The van der Waals surface area contributed by atoms with Crippen molar-refractivity contribution in [1.82, 2.24) is 0 Å². The molecule has 1 aromatic carbocycles. The number of carbonyl (C=O) groups excluding carboxylic acids is 2. The summed E-state index contributed by atoms with van der Waals surface area (Å²) in [6.07, 6.45) is -0.815. The van der Waals surface area contributed by atoms with Gasteiger partial charge in [-0.15, -0.1) is 0 Å². The van der Waals surface area contributed by atoms with Crippen LogP contribution in [0.4, 0.5) is 10.5 Å². The van der Waals surface area contributed by atoms with E-state index in [2.05, 4.69) is 4.74 Å². The van der Waals surface area contributed by atoms with Gasteiger partial charge >= 0.3 is 12.0 Å². The van der Waals surface area contributed by atoms with E-state index in [9.17, 15) is 9.59 Å². The van der Waals surface area contributed by atoms with Crippen molar-refractivity contribution in [2.24, 2.45) is 0 Å². The highest BCUT2D eigenvalue weighted by atomic mass is 35.5. The molecular formula is C10H5Cl2NO3. The number of halogens is 2. The van der Waals surface area contributed by atoms with E-state index in [0.717, 1.165) is 4.90 Å². The first-order valence-electron chi connectivity index (χ1n) is 4.28. The molecule has 0 saturated carbocycles. The summed E-state index contributed by atoms with van der Waals surface area (Å²) in [6, 6.07) is 8.36. The van der Waals surface area contributed by atoms with Crippen LogP contribution in [0.3, 0.4) is 0 Å². The van der Waals surface area contributed by atoms with Crippen molar-refractivity contribution >= 4 is 40.9 Å². The van der Waals surface area contributed by atoms with Crippen LogP contribution in [0.15, 0.2) is 40.6 Å². The fourth-order valence-corrected chi connectivity index (χ4v) is 1.52. The number of amides is 2. The van der Waals surface area contributed by atoms with Crippen LogP contribution in [-0.4, -0.2) is 12.0 Å². The second kappa shape index (κ2) is 4.15. The summed E-state index contributed by atoms with van der Waals surface area (Å²) in [4.78, 5) is 24.0. The maximum atomic E-state index is 11.7. The third kappa shape index (κ3) is 1.77. The van der Waals surface area contributed by atoms with Crippen LogP contribution < -0.4 is 4.90 Å². The van der Waals surface area contributed by atoms with Gasteiger partial charge in [-0.3, -0.25) is 4.79 Å². The number of nitrogens with zero attached hydrogens (tertiary/aromatic N) is 1. The minimum Gasteiger partial charge on any atom is -0.401 e. The Labute approximate surface area is 101 Å². The van der Waals surface area contributed by atoms with Crippen LogP contribution in [0.1, 0.15) is 0 Å². The number of carbonyl (C=O) groups is 2. The summed E-state index contributed by atoms with van der Waals surface area (Å²) in [7, 11) is 0. The predicted octanol–water partition coefficient (Wildman–Crippen LogP) is 2.82. The molecule has 0 bridgehead atoms. The van der Waals surface area contributed by atoms with Crippen molar-refractivity contribution in [3.05, 3.63) is 40.6 Å². The van der Waals surface area contributed by atoms with Crippen molar-refractivity contribution in [2.75, 3.05) is 4.90 Å². The Kier molecular flexibility index (Phi) is 2.85. The molecule has 4 nitrogen and oxygen atoms in total. The zero-order valence-electron chi connectivity index (χ0n) is 7.81. The summed E-state index contributed by atoms with van der Waals surface area (Å²) in [5.41, 5.74) is 0.405. The van der Waals surface area contributed by atoms with Crippen molar-refractivity contribution in [3.8, 4) is 0 Å². The number of anilines is 1. The van der Waals surface area contributed by atoms with E-state index in [1.807, 2.05) is 0 Å². The van der Waals surface area contributed by atoms with Gasteiger partial charge in [-0.1, -0.05) is 41.4 Å². The zero-order chi connectivity index (χ0) is 11.7. The monoisotopic (exact) mass is 257 g/mol. The molecule has 1 aliphatic heterocycles. The first-order chi connectivity index (χ1) is 7.61. The Balaban J connectivity index is 2.42. The van der Waals surface area contributed by atoms with Crippen molar-refractivity contribution in [1.29, 1.82) is 0 Å². The van der Waals surface area contributed by atoms with Gasteiger partial charge in [-0.25, -0.2) is 9.69 Å². The van der Waals surface area contributed by atoms with E-state index in [-0.39, 0.29) is 10.3 Å². The number of hydrogen-bond donors (Lipinski definition) is 0. The maximum Gasteiger partial charge on any atom is 0.427 e. The van der Waals surface area contributed by atoms with Crippen LogP contribution in [0.2, 0.25) is 0 Å². The molecule has 0 radical (unpaired) electrons. The Hall–Kier alpha value is -1.52. The van der Waals surface area contributed by atoms with Gasteiger partial charge in [0.2, 0.25) is 5.76 Å². The summed E-state index contributed by atoms with van der Waals surface area (Å²) in [5, 5.41) is 0. The molecule has 0 aromatic heterocycles. The Morgan fingerprint density at radius 1 is 1.12 bits per heavy atom. The minimum atomic E-state index is -0.815. The SMILES string of the molecule is O=C1OC(=C(Cl)Cl)C(=O)N1c1ccccc1. The normalized spacial score (nSPS) is 15.4. The van der Waals surface area contributed by atoms with Crippen molar-refractivity contribution in [3.63, 3.8) is 0 Å². The topological polar surface area (TPSA) is 46.6 Å². The molecular weight excluding hydrogens is 253 g/mol. The van der Waals surface area contributed by atoms with Gasteiger partial charge in [0.05, 0.1) is 5.69 Å². The number of benzene rings is 1. The lowest BCUT2D eigenvalue weighted by Crippen LogP contribution is -2.28. The largest absolute Gasteiger partial charge is 0.427 e. The summed E-state index contributed by atoms with van der Waals surface area (Å²) >= 11 is 10.8. The summed E-state index contributed by atoms with van der Waals surface area (Å²) in [6.45, 7) is 0. The Morgan fingerprint density at radius 3 is 2.25 bits per heavy atom. The molecule has 1 aromatic rings. The van der Waals surface area contributed by atoms with Gasteiger partial charge in [-0.05, 0) is 12.1 Å². The summed E-state index contributed by atoms with van der Waals surface area (Å²) in [5.74, 6) is -1.02. The van der Waals surface area contributed by atoms with Crippen LogP contribution >= 0.6 is 23.2 Å². The van der Waals surface area contributed by atoms with Crippen LogP contribution in [0, 0.1) is 0 Å². The Bertz CT molecular complexity index is 480. The van der Waals surface area contributed by atoms with E-state index in [1.165, 1.54) is 0 Å². The van der Waals surface area contributed by atoms with Gasteiger partial charge in [0, 0.05) is 0 Å². The highest BCUT2D eigenvalue weighted by Gasteiger charge is 2.39. The van der Waals surface area contributed by atoms with Crippen molar-refractivity contribution in [2.45, 2.75) is 0 Å². The van der Waals surface area contributed by atoms with Gasteiger partial charge in [0.25, 0.3) is 0 Å². The predicted molar refractivity (Wildman–Crippen MR) is 59.1 cm³/mol. The average molecular weight is 258 g/mol. The average Bonchev–Trinajstić information content (AvgIpc) is 2.56. The van der Waals surface area contributed by atoms with Crippen LogP contribution in [0.5, 0.6) is 0 Å². The lowest BCUT2D eigenvalue weighted by molar-refractivity contribution is -0.114. The van der Waals surface area contributed by atoms with E-state index < -0.39 is 12.0 Å². The molecule has 82 valence electrons. The molecule has 2 rings (SSSR count). The molecule has 0 unspecified atom stereocenters. The van der Waals surface area contributed by atoms with Gasteiger partial charge in [0.15, 0.2) is 4.49 Å². The standard InChI is InChI=1S/C10H5Cl2NO3/c11-8(12)7-9(14)13(10(15)16-7)6-4-2-1-3-5-6/h1-5H. The number of hydrogen-bond acceptors (Lipinski definition) is 3. The lowest BCUT2D eigenvalue weighted by Gasteiger charge is -2.08. The molecule has 6 heteroatoms. The fraction of sp³-hybridized carbons (Fsp3) is 0. The number of cyclic esters (lactones) is 1. The molecule has 2 amide bonds. The second-order valence-corrected chi connectivity index (χ2v) is 3.88. The molecule has 1 aliphatic rings. The molecule has 1 heterocycles. The summed E-state index contributed by atoms with van der Waals surface area (Å²) < 4.78 is 4.29. The highest BCUT2D eigenvalue weighted by molar-refractivity contribution is 6.57. The molecule has 1 fully saturated rings. The maximum absolute atomic E-state index is 11.7. The zero-order valence-corrected chi connectivity index (χ0v) is 9.33. The number of rotatable bonds is 1. The van der Waals surface area contributed by atoms with Crippen LogP contribution in [0.25, 0.3) is 0 Å². The van der Waals surface area contributed by atoms with E-state index in [1.54, 1.807) is 30.3 Å². The second-order valence-electron chi connectivity index (χ2n) is 2.93. The van der Waals surface area contributed by atoms with Crippen LogP contribution in [-0.2, 0) is 9.53 Å². The van der Waals surface area contributed by atoms with Gasteiger partial charge in [-0.2, -0.15) is 0 Å². The van der Waals surface area contributed by atoms with E-state index in [0.29, 0.717) is 5.69 Å².